The van der Waals surface area contributed by atoms with E-state index < -0.39 is 0 Å². The zero-order valence-electron chi connectivity index (χ0n) is 11.5. The Bertz CT molecular complexity index is 343. The van der Waals surface area contributed by atoms with Crippen molar-refractivity contribution in [3.63, 3.8) is 0 Å². The van der Waals surface area contributed by atoms with Gasteiger partial charge in [0.1, 0.15) is 0 Å². The second-order valence-electron chi connectivity index (χ2n) is 5.96. The number of aliphatic hydroxyl groups is 1. The summed E-state index contributed by atoms with van der Waals surface area (Å²) in [6.07, 6.45) is 2.06. The Labute approximate surface area is 114 Å². The van der Waals surface area contributed by atoms with Gasteiger partial charge < -0.3 is 10.0 Å². The molecule has 0 saturated heterocycles. The van der Waals surface area contributed by atoms with Crippen LogP contribution in [-0.4, -0.2) is 34.7 Å². The van der Waals surface area contributed by atoms with Gasteiger partial charge >= 0.3 is 0 Å². The van der Waals surface area contributed by atoms with Crippen molar-refractivity contribution in [1.29, 1.82) is 0 Å². The van der Waals surface area contributed by atoms with E-state index in [4.69, 9.17) is 0 Å². The predicted molar refractivity (Wildman–Crippen MR) is 75.5 cm³/mol. The van der Waals surface area contributed by atoms with Crippen LogP contribution in [-0.2, 0) is 6.54 Å². The van der Waals surface area contributed by atoms with Gasteiger partial charge in [-0.15, -0.1) is 11.3 Å². The van der Waals surface area contributed by atoms with Crippen molar-refractivity contribution < 1.29 is 5.11 Å². The van der Waals surface area contributed by atoms with E-state index in [2.05, 4.69) is 36.2 Å². The zero-order chi connectivity index (χ0) is 13.1. The van der Waals surface area contributed by atoms with Crippen LogP contribution in [0.2, 0.25) is 0 Å². The normalized spacial score (nSPS) is 32.9. The van der Waals surface area contributed by atoms with E-state index in [1.807, 2.05) is 5.51 Å². The number of hydrogen-bond acceptors (Lipinski definition) is 4. The van der Waals surface area contributed by atoms with Crippen molar-refractivity contribution in [2.24, 2.45) is 17.8 Å². The molecule has 1 N–H and O–H groups in total. The summed E-state index contributed by atoms with van der Waals surface area (Å²) in [4.78, 5) is 6.60. The van der Waals surface area contributed by atoms with Crippen LogP contribution in [0.15, 0.2) is 10.9 Å². The molecule has 1 saturated carbocycles. The van der Waals surface area contributed by atoms with Gasteiger partial charge in [0.2, 0.25) is 0 Å². The summed E-state index contributed by atoms with van der Waals surface area (Å²) >= 11 is 1.64. The maximum atomic E-state index is 10.2. The third-order valence-corrected chi connectivity index (χ3v) is 4.72. The molecule has 0 aliphatic heterocycles. The van der Waals surface area contributed by atoms with Crippen molar-refractivity contribution in [1.82, 2.24) is 9.88 Å². The Kier molecular flexibility index (Phi) is 4.76. The molecule has 1 aliphatic rings. The molecule has 0 radical (unpaired) electrons. The molecule has 1 fully saturated rings. The first-order valence-corrected chi connectivity index (χ1v) is 7.74. The van der Waals surface area contributed by atoms with E-state index in [9.17, 15) is 5.11 Å². The van der Waals surface area contributed by atoms with E-state index in [0.717, 1.165) is 25.2 Å². The van der Waals surface area contributed by atoms with Gasteiger partial charge in [-0.3, -0.25) is 0 Å². The standard InChI is InChI=1S/C14H24N2OS/c1-10-4-11(2)13(14(17)5-10)7-16(3)6-12-8-18-9-15-12/h8-11,13-14,17H,4-7H2,1-3H3. The summed E-state index contributed by atoms with van der Waals surface area (Å²) < 4.78 is 0. The molecule has 1 aliphatic carbocycles. The molecular weight excluding hydrogens is 244 g/mol. The summed E-state index contributed by atoms with van der Waals surface area (Å²) in [6, 6.07) is 0. The lowest BCUT2D eigenvalue weighted by Gasteiger charge is -2.38. The van der Waals surface area contributed by atoms with E-state index >= 15 is 0 Å². The highest BCUT2D eigenvalue weighted by Crippen LogP contribution is 2.34. The highest BCUT2D eigenvalue weighted by atomic mass is 32.1. The Morgan fingerprint density at radius 3 is 2.83 bits per heavy atom. The third-order valence-electron chi connectivity index (χ3n) is 4.08. The molecule has 0 spiro atoms. The molecule has 0 bridgehead atoms. The largest absolute Gasteiger partial charge is 0.393 e. The topological polar surface area (TPSA) is 36.4 Å². The van der Waals surface area contributed by atoms with Crippen LogP contribution in [0.3, 0.4) is 0 Å². The molecule has 1 heterocycles. The second-order valence-corrected chi connectivity index (χ2v) is 6.68. The molecule has 18 heavy (non-hydrogen) atoms. The first-order valence-electron chi connectivity index (χ1n) is 6.80. The average Bonchev–Trinajstić information content (AvgIpc) is 2.76. The number of nitrogens with zero attached hydrogens (tertiary/aromatic N) is 2. The van der Waals surface area contributed by atoms with Gasteiger partial charge in [-0.1, -0.05) is 13.8 Å². The van der Waals surface area contributed by atoms with Crippen molar-refractivity contribution in [3.05, 3.63) is 16.6 Å². The summed E-state index contributed by atoms with van der Waals surface area (Å²) in [5.41, 5.74) is 3.01. The highest BCUT2D eigenvalue weighted by Gasteiger charge is 2.33. The summed E-state index contributed by atoms with van der Waals surface area (Å²) in [6.45, 7) is 6.37. The van der Waals surface area contributed by atoms with Crippen molar-refractivity contribution in [2.75, 3.05) is 13.6 Å². The number of aromatic nitrogens is 1. The second kappa shape index (κ2) is 6.13. The Hall–Kier alpha value is -0.450. The average molecular weight is 268 g/mol. The van der Waals surface area contributed by atoms with Crippen molar-refractivity contribution >= 4 is 11.3 Å². The fourth-order valence-electron chi connectivity index (χ4n) is 3.19. The summed E-state index contributed by atoms with van der Waals surface area (Å²) in [7, 11) is 2.12. The van der Waals surface area contributed by atoms with Gasteiger partial charge in [0, 0.05) is 24.4 Å². The minimum absolute atomic E-state index is 0.137. The molecule has 102 valence electrons. The van der Waals surface area contributed by atoms with Crippen LogP contribution in [0.1, 0.15) is 32.4 Å². The monoisotopic (exact) mass is 268 g/mol. The zero-order valence-corrected chi connectivity index (χ0v) is 12.4. The van der Waals surface area contributed by atoms with Gasteiger partial charge in [0.25, 0.3) is 0 Å². The predicted octanol–water partition coefficient (Wildman–Crippen LogP) is 2.62. The number of thiazole rings is 1. The fraction of sp³-hybridized carbons (Fsp3) is 0.786. The minimum atomic E-state index is -0.137. The van der Waals surface area contributed by atoms with Crippen LogP contribution in [0.4, 0.5) is 0 Å². The fourth-order valence-corrected chi connectivity index (χ4v) is 3.74. The molecule has 2 rings (SSSR count). The maximum absolute atomic E-state index is 10.2. The lowest BCUT2D eigenvalue weighted by atomic mass is 9.73. The first kappa shape index (κ1) is 14.0. The summed E-state index contributed by atoms with van der Waals surface area (Å²) in [5.74, 6) is 1.68. The number of rotatable bonds is 4. The van der Waals surface area contributed by atoms with E-state index in [1.165, 1.54) is 6.42 Å². The van der Waals surface area contributed by atoms with Gasteiger partial charge in [-0.05, 0) is 31.7 Å². The van der Waals surface area contributed by atoms with E-state index in [-0.39, 0.29) is 6.10 Å². The molecule has 3 nitrogen and oxygen atoms in total. The molecule has 0 aromatic carbocycles. The van der Waals surface area contributed by atoms with E-state index in [0.29, 0.717) is 17.8 Å². The van der Waals surface area contributed by atoms with Gasteiger partial charge in [0.15, 0.2) is 0 Å². The van der Waals surface area contributed by atoms with Crippen LogP contribution >= 0.6 is 11.3 Å². The van der Waals surface area contributed by atoms with Crippen molar-refractivity contribution in [2.45, 2.75) is 39.3 Å². The number of hydrogen-bond donors (Lipinski definition) is 1. The quantitative estimate of drug-likeness (QED) is 0.912. The molecule has 1 aromatic rings. The Morgan fingerprint density at radius 2 is 2.22 bits per heavy atom. The summed E-state index contributed by atoms with van der Waals surface area (Å²) in [5, 5.41) is 12.3. The first-order chi connectivity index (χ1) is 8.56. The highest BCUT2D eigenvalue weighted by molar-refractivity contribution is 7.07. The maximum Gasteiger partial charge on any atom is 0.0795 e. The van der Waals surface area contributed by atoms with Crippen LogP contribution in [0, 0.1) is 17.8 Å². The molecule has 4 heteroatoms. The minimum Gasteiger partial charge on any atom is -0.393 e. The molecule has 4 unspecified atom stereocenters. The lowest BCUT2D eigenvalue weighted by Crippen LogP contribution is -2.41. The van der Waals surface area contributed by atoms with E-state index in [1.54, 1.807) is 11.3 Å². The SMILES string of the molecule is CC1CC(C)C(CN(C)Cc2cscn2)C(O)C1. The van der Waals surface area contributed by atoms with Gasteiger partial charge in [-0.25, -0.2) is 4.98 Å². The molecule has 4 atom stereocenters. The van der Waals surface area contributed by atoms with Crippen LogP contribution in [0.25, 0.3) is 0 Å². The number of aliphatic hydroxyl groups excluding tert-OH is 1. The van der Waals surface area contributed by atoms with Crippen LogP contribution < -0.4 is 0 Å². The molecular formula is C14H24N2OS. The van der Waals surface area contributed by atoms with Crippen molar-refractivity contribution in [3.8, 4) is 0 Å². The Morgan fingerprint density at radius 1 is 1.44 bits per heavy atom. The Balaban J connectivity index is 1.87. The van der Waals surface area contributed by atoms with Gasteiger partial charge in [0.05, 0.1) is 17.3 Å². The lowest BCUT2D eigenvalue weighted by molar-refractivity contribution is 0.000475. The van der Waals surface area contributed by atoms with Gasteiger partial charge in [-0.2, -0.15) is 0 Å². The third kappa shape index (κ3) is 3.53. The van der Waals surface area contributed by atoms with Crippen LogP contribution in [0.5, 0.6) is 0 Å². The smallest absolute Gasteiger partial charge is 0.0795 e. The molecule has 1 aromatic heterocycles. The molecule has 0 amide bonds.